The van der Waals surface area contributed by atoms with Crippen LogP contribution in [0.2, 0.25) is 5.02 Å². The summed E-state index contributed by atoms with van der Waals surface area (Å²) in [6.45, 7) is 0. The molecule has 0 N–H and O–H groups in total. The second-order valence-electron chi connectivity index (χ2n) is 4.57. The Kier molecular flexibility index (Phi) is 4.00. The van der Waals surface area contributed by atoms with Gasteiger partial charge in [-0.15, -0.1) is 0 Å². The summed E-state index contributed by atoms with van der Waals surface area (Å²) in [4.78, 5) is 10.8. The number of aldehydes is 1. The summed E-state index contributed by atoms with van der Waals surface area (Å²) in [5.41, 5.74) is 1.16. The van der Waals surface area contributed by atoms with Crippen LogP contribution < -0.4 is 0 Å². The minimum atomic E-state index is 0.328. The maximum Gasteiger partial charge on any atom is 0.120 e. The highest BCUT2D eigenvalue weighted by Gasteiger charge is 2.27. The van der Waals surface area contributed by atoms with E-state index < -0.39 is 0 Å². The molecule has 0 amide bonds. The van der Waals surface area contributed by atoms with Crippen LogP contribution in [0, 0.1) is 5.92 Å². The largest absolute Gasteiger partial charge is 0.303 e. The fourth-order valence-electron chi connectivity index (χ4n) is 2.81. The third-order valence-corrected chi connectivity index (χ3v) is 3.97. The second-order valence-corrected chi connectivity index (χ2v) is 4.98. The van der Waals surface area contributed by atoms with Crippen LogP contribution in [0.25, 0.3) is 0 Å². The molecule has 0 bridgehead atoms. The number of benzene rings is 1. The zero-order chi connectivity index (χ0) is 11.4. The van der Waals surface area contributed by atoms with Gasteiger partial charge in [-0.3, -0.25) is 0 Å². The summed E-state index contributed by atoms with van der Waals surface area (Å²) in [6, 6.07) is 7.94. The van der Waals surface area contributed by atoms with Gasteiger partial charge in [0, 0.05) is 11.4 Å². The van der Waals surface area contributed by atoms with E-state index in [1.165, 1.54) is 25.7 Å². The van der Waals surface area contributed by atoms with E-state index in [1.54, 1.807) is 0 Å². The number of hydrogen-bond acceptors (Lipinski definition) is 1. The van der Waals surface area contributed by atoms with Gasteiger partial charge in [-0.2, -0.15) is 0 Å². The van der Waals surface area contributed by atoms with Gasteiger partial charge in [0.2, 0.25) is 0 Å². The molecule has 1 saturated carbocycles. The molecule has 0 saturated heterocycles. The van der Waals surface area contributed by atoms with Crippen LogP contribution in [-0.4, -0.2) is 6.29 Å². The summed E-state index contributed by atoms with van der Waals surface area (Å²) >= 11 is 6.22. The molecule has 2 rings (SSSR count). The van der Waals surface area contributed by atoms with Gasteiger partial charge in [-0.25, -0.2) is 0 Å². The normalized spacial score (nSPS) is 18.6. The van der Waals surface area contributed by atoms with Crippen LogP contribution in [0.15, 0.2) is 24.3 Å². The molecule has 2 heteroatoms. The molecule has 0 aliphatic heterocycles. The van der Waals surface area contributed by atoms with Crippen molar-refractivity contribution in [3.05, 3.63) is 34.9 Å². The number of carbonyl (C=O) groups is 1. The van der Waals surface area contributed by atoms with Crippen LogP contribution in [0.1, 0.15) is 43.6 Å². The summed E-state index contributed by atoms with van der Waals surface area (Å²) in [7, 11) is 0. The van der Waals surface area contributed by atoms with Gasteiger partial charge in [0.1, 0.15) is 6.29 Å². The zero-order valence-electron chi connectivity index (χ0n) is 9.36. The molecule has 1 aliphatic rings. The first-order valence-corrected chi connectivity index (χ1v) is 6.39. The number of rotatable bonds is 4. The Morgan fingerprint density at radius 1 is 1.31 bits per heavy atom. The van der Waals surface area contributed by atoms with Crippen LogP contribution >= 0.6 is 11.6 Å². The summed E-state index contributed by atoms with van der Waals surface area (Å²) < 4.78 is 0. The fourth-order valence-corrected chi connectivity index (χ4v) is 3.09. The van der Waals surface area contributed by atoms with E-state index in [-0.39, 0.29) is 0 Å². The van der Waals surface area contributed by atoms with Crippen LogP contribution in [0.4, 0.5) is 0 Å². The van der Waals surface area contributed by atoms with Crippen LogP contribution in [-0.2, 0) is 4.79 Å². The van der Waals surface area contributed by atoms with Crippen molar-refractivity contribution in [3.63, 3.8) is 0 Å². The second kappa shape index (κ2) is 5.49. The molecule has 1 fully saturated rings. The molecule has 86 valence electrons. The molecule has 1 atom stereocenters. The van der Waals surface area contributed by atoms with Crippen molar-refractivity contribution in [2.75, 3.05) is 0 Å². The molecular weight excluding hydrogens is 220 g/mol. The number of hydrogen-bond donors (Lipinski definition) is 0. The van der Waals surface area contributed by atoms with E-state index in [4.69, 9.17) is 11.6 Å². The molecule has 1 aromatic rings. The van der Waals surface area contributed by atoms with Gasteiger partial charge in [0.25, 0.3) is 0 Å². The Morgan fingerprint density at radius 2 is 2.00 bits per heavy atom. The Hall–Kier alpha value is -0.820. The molecule has 0 aromatic heterocycles. The lowest BCUT2D eigenvalue weighted by Gasteiger charge is -2.22. The average molecular weight is 237 g/mol. The monoisotopic (exact) mass is 236 g/mol. The highest BCUT2D eigenvalue weighted by molar-refractivity contribution is 6.31. The molecule has 0 spiro atoms. The molecule has 1 aromatic carbocycles. The molecule has 16 heavy (non-hydrogen) atoms. The van der Waals surface area contributed by atoms with Crippen molar-refractivity contribution in [2.45, 2.75) is 38.0 Å². The predicted molar refractivity (Wildman–Crippen MR) is 66.8 cm³/mol. The van der Waals surface area contributed by atoms with E-state index in [1.807, 2.05) is 18.2 Å². The van der Waals surface area contributed by atoms with E-state index in [2.05, 4.69) is 6.07 Å². The van der Waals surface area contributed by atoms with Gasteiger partial charge in [0.05, 0.1) is 0 Å². The van der Waals surface area contributed by atoms with E-state index in [0.29, 0.717) is 18.3 Å². The standard InChI is InChI=1S/C14H17ClO/c15-14-8-4-3-7-13(14)12(9-10-16)11-5-1-2-6-11/h3-4,7-8,10-12H,1-2,5-6,9H2. The van der Waals surface area contributed by atoms with Crippen molar-refractivity contribution in [2.24, 2.45) is 5.92 Å². The Morgan fingerprint density at radius 3 is 2.62 bits per heavy atom. The summed E-state index contributed by atoms with van der Waals surface area (Å²) in [5.74, 6) is 0.971. The lowest BCUT2D eigenvalue weighted by atomic mass is 9.83. The van der Waals surface area contributed by atoms with E-state index in [0.717, 1.165) is 16.9 Å². The van der Waals surface area contributed by atoms with Crippen molar-refractivity contribution < 1.29 is 4.79 Å². The van der Waals surface area contributed by atoms with Crippen molar-refractivity contribution >= 4 is 17.9 Å². The molecule has 1 unspecified atom stereocenters. The minimum absolute atomic E-state index is 0.328. The Balaban J connectivity index is 2.24. The van der Waals surface area contributed by atoms with E-state index >= 15 is 0 Å². The van der Waals surface area contributed by atoms with Crippen molar-refractivity contribution in [1.82, 2.24) is 0 Å². The molecular formula is C14H17ClO. The first kappa shape index (κ1) is 11.7. The summed E-state index contributed by atoms with van der Waals surface area (Å²) in [6.07, 6.45) is 6.71. The Labute approximate surface area is 102 Å². The smallest absolute Gasteiger partial charge is 0.120 e. The van der Waals surface area contributed by atoms with Crippen LogP contribution in [0.3, 0.4) is 0 Å². The fraction of sp³-hybridized carbons (Fsp3) is 0.500. The van der Waals surface area contributed by atoms with Gasteiger partial charge in [-0.1, -0.05) is 42.6 Å². The maximum atomic E-state index is 10.8. The van der Waals surface area contributed by atoms with Gasteiger partial charge < -0.3 is 4.79 Å². The maximum absolute atomic E-state index is 10.8. The van der Waals surface area contributed by atoms with Gasteiger partial charge >= 0.3 is 0 Å². The van der Waals surface area contributed by atoms with Gasteiger partial charge in [0.15, 0.2) is 0 Å². The van der Waals surface area contributed by atoms with Crippen molar-refractivity contribution in [3.8, 4) is 0 Å². The predicted octanol–water partition coefficient (Wildman–Crippen LogP) is 4.20. The van der Waals surface area contributed by atoms with Crippen molar-refractivity contribution in [1.29, 1.82) is 0 Å². The minimum Gasteiger partial charge on any atom is -0.303 e. The number of halogens is 1. The SMILES string of the molecule is O=CCC(c1ccccc1Cl)C1CCCC1. The zero-order valence-corrected chi connectivity index (χ0v) is 10.1. The molecule has 1 nitrogen and oxygen atoms in total. The Bertz CT molecular complexity index is 356. The molecule has 0 radical (unpaired) electrons. The average Bonchev–Trinajstić information content (AvgIpc) is 2.80. The third-order valence-electron chi connectivity index (χ3n) is 3.62. The lowest BCUT2D eigenvalue weighted by Crippen LogP contribution is -2.11. The van der Waals surface area contributed by atoms with Crippen LogP contribution in [0.5, 0.6) is 0 Å². The highest BCUT2D eigenvalue weighted by Crippen LogP contribution is 2.40. The number of carbonyl (C=O) groups excluding carboxylic acids is 1. The first-order valence-electron chi connectivity index (χ1n) is 6.01. The summed E-state index contributed by atoms with van der Waals surface area (Å²) in [5, 5.41) is 0.807. The topological polar surface area (TPSA) is 17.1 Å². The lowest BCUT2D eigenvalue weighted by molar-refractivity contribution is -0.108. The first-order chi connectivity index (χ1) is 7.83. The van der Waals surface area contributed by atoms with E-state index in [9.17, 15) is 4.79 Å². The molecule has 0 heterocycles. The quantitative estimate of drug-likeness (QED) is 0.716. The van der Waals surface area contributed by atoms with Gasteiger partial charge in [-0.05, 0) is 36.3 Å². The third kappa shape index (κ3) is 2.46. The molecule has 1 aliphatic carbocycles. The highest BCUT2D eigenvalue weighted by atomic mass is 35.5.